The van der Waals surface area contributed by atoms with Crippen molar-refractivity contribution < 1.29 is 13.2 Å². The molecule has 0 spiro atoms. The second kappa shape index (κ2) is 5.96. The fraction of sp³-hybridized carbons (Fsp3) is 0.357. The molecule has 1 fully saturated rings. The maximum absolute atomic E-state index is 11.8. The third-order valence-electron chi connectivity index (χ3n) is 3.53. The van der Waals surface area contributed by atoms with Gasteiger partial charge in [0, 0.05) is 19.3 Å². The Labute approximate surface area is 133 Å². The van der Waals surface area contributed by atoms with Crippen molar-refractivity contribution in [2.45, 2.75) is 24.0 Å². The lowest BCUT2D eigenvalue weighted by atomic mass is 10.1. The van der Waals surface area contributed by atoms with Gasteiger partial charge in [0.25, 0.3) is 0 Å². The number of anilines is 1. The number of primary sulfonamides is 1. The molecule has 0 amide bonds. The molecule has 2 atom stereocenters. The molecule has 1 aliphatic heterocycles. The van der Waals surface area contributed by atoms with E-state index in [-0.39, 0.29) is 17.1 Å². The van der Waals surface area contributed by atoms with Crippen molar-refractivity contribution >= 4 is 27.2 Å². The Hall–Kier alpha value is -1.48. The summed E-state index contributed by atoms with van der Waals surface area (Å²) in [7, 11) is -3.81. The molecular weight excluding hydrogens is 322 g/mol. The van der Waals surface area contributed by atoms with Crippen LogP contribution in [0.25, 0.3) is 0 Å². The summed E-state index contributed by atoms with van der Waals surface area (Å²) in [5.74, 6) is 0.389. The third-order valence-corrected chi connectivity index (χ3v) is 5.17. The van der Waals surface area contributed by atoms with Crippen molar-refractivity contribution in [2.24, 2.45) is 5.14 Å². The van der Waals surface area contributed by atoms with E-state index >= 15 is 0 Å². The molecule has 6 nitrogen and oxygen atoms in total. The summed E-state index contributed by atoms with van der Waals surface area (Å²) in [6, 6.07) is 5.07. The predicted octanol–water partition coefficient (Wildman–Crippen LogP) is 1.76. The fourth-order valence-electron chi connectivity index (χ4n) is 2.61. The first kappa shape index (κ1) is 15.4. The smallest absolute Gasteiger partial charge is 0.241 e. The van der Waals surface area contributed by atoms with Gasteiger partial charge >= 0.3 is 0 Å². The molecule has 3 rings (SSSR count). The Bertz CT molecular complexity index is 746. The van der Waals surface area contributed by atoms with Crippen LogP contribution in [-0.2, 0) is 14.8 Å². The minimum atomic E-state index is -3.81. The van der Waals surface area contributed by atoms with Gasteiger partial charge in [0.05, 0.1) is 6.10 Å². The highest BCUT2D eigenvalue weighted by Crippen LogP contribution is 2.31. The van der Waals surface area contributed by atoms with Crippen LogP contribution in [0.2, 0.25) is 0 Å². The van der Waals surface area contributed by atoms with Crippen LogP contribution in [0.15, 0.2) is 40.1 Å². The lowest BCUT2D eigenvalue weighted by Crippen LogP contribution is -2.44. The maximum atomic E-state index is 11.8. The van der Waals surface area contributed by atoms with Gasteiger partial charge in [0.1, 0.15) is 16.8 Å². The van der Waals surface area contributed by atoms with Crippen molar-refractivity contribution in [2.75, 3.05) is 18.0 Å². The van der Waals surface area contributed by atoms with Gasteiger partial charge in [-0.25, -0.2) is 18.5 Å². The van der Waals surface area contributed by atoms with Gasteiger partial charge in [-0.15, -0.1) is 0 Å². The molecule has 0 radical (unpaired) electrons. The van der Waals surface area contributed by atoms with Crippen molar-refractivity contribution in [1.29, 1.82) is 0 Å². The number of rotatable bonds is 3. The predicted molar refractivity (Wildman–Crippen MR) is 85.4 cm³/mol. The zero-order valence-corrected chi connectivity index (χ0v) is 13.7. The van der Waals surface area contributed by atoms with Crippen LogP contribution in [0.3, 0.4) is 0 Å². The highest BCUT2D eigenvalue weighted by atomic mass is 32.2. The van der Waals surface area contributed by atoms with Crippen LogP contribution in [0.1, 0.15) is 18.6 Å². The first-order valence-electron chi connectivity index (χ1n) is 6.85. The van der Waals surface area contributed by atoms with Crippen molar-refractivity contribution in [3.8, 4) is 0 Å². The highest BCUT2D eigenvalue weighted by molar-refractivity contribution is 7.89. The minimum Gasteiger partial charge on any atom is -0.367 e. The average molecular weight is 339 g/mol. The number of sulfonamides is 1. The number of pyridine rings is 1. The van der Waals surface area contributed by atoms with E-state index in [1.807, 2.05) is 28.7 Å². The Balaban J connectivity index is 1.95. The average Bonchev–Trinajstić information content (AvgIpc) is 3.00. The second-order valence-electron chi connectivity index (χ2n) is 5.27. The Morgan fingerprint density at radius 2 is 2.23 bits per heavy atom. The molecule has 2 aromatic rings. The zero-order valence-electron chi connectivity index (χ0n) is 12.0. The fourth-order valence-corrected chi connectivity index (χ4v) is 4.01. The standard InChI is InChI=1S/C14H17N3O3S2/c1-10-7-17(8-12(20-10)11-4-6-21-9-11)14-13(22(15,18)19)3-2-5-16-14/h2-6,9-10,12H,7-8H2,1H3,(H2,15,18,19). The lowest BCUT2D eigenvalue weighted by molar-refractivity contribution is -0.0175. The summed E-state index contributed by atoms with van der Waals surface area (Å²) in [5, 5.41) is 9.34. The minimum absolute atomic E-state index is 0.0333. The van der Waals surface area contributed by atoms with Gasteiger partial charge < -0.3 is 9.64 Å². The number of hydrogen-bond acceptors (Lipinski definition) is 6. The third kappa shape index (κ3) is 3.14. The quantitative estimate of drug-likeness (QED) is 0.921. The van der Waals surface area contributed by atoms with E-state index in [1.165, 1.54) is 6.07 Å². The number of aromatic nitrogens is 1. The summed E-state index contributed by atoms with van der Waals surface area (Å²) in [4.78, 5) is 6.21. The number of morpholine rings is 1. The van der Waals surface area contributed by atoms with Crippen molar-refractivity contribution in [1.82, 2.24) is 4.98 Å². The molecule has 1 saturated heterocycles. The van der Waals surface area contributed by atoms with Crippen LogP contribution in [-0.4, -0.2) is 32.6 Å². The lowest BCUT2D eigenvalue weighted by Gasteiger charge is -2.37. The molecule has 118 valence electrons. The Kier molecular flexibility index (Phi) is 4.18. The largest absolute Gasteiger partial charge is 0.367 e. The van der Waals surface area contributed by atoms with E-state index in [4.69, 9.17) is 9.88 Å². The zero-order chi connectivity index (χ0) is 15.7. The monoisotopic (exact) mass is 339 g/mol. The van der Waals surface area contributed by atoms with Crippen LogP contribution < -0.4 is 10.0 Å². The molecule has 1 aliphatic rings. The molecule has 22 heavy (non-hydrogen) atoms. The number of hydrogen-bond donors (Lipinski definition) is 1. The first-order chi connectivity index (χ1) is 10.4. The normalized spacial score (nSPS) is 22.7. The SMILES string of the molecule is CC1CN(c2ncccc2S(N)(=O)=O)CC(c2ccsc2)O1. The molecule has 0 saturated carbocycles. The Morgan fingerprint density at radius 3 is 2.91 bits per heavy atom. The van der Waals surface area contributed by atoms with E-state index in [9.17, 15) is 8.42 Å². The van der Waals surface area contributed by atoms with Gasteiger partial charge in [0.2, 0.25) is 10.0 Å². The van der Waals surface area contributed by atoms with Gasteiger partial charge in [0.15, 0.2) is 0 Å². The van der Waals surface area contributed by atoms with Gasteiger partial charge in [-0.2, -0.15) is 11.3 Å². The van der Waals surface area contributed by atoms with E-state index < -0.39 is 10.0 Å². The van der Waals surface area contributed by atoms with E-state index in [0.29, 0.717) is 18.9 Å². The maximum Gasteiger partial charge on any atom is 0.241 e. The van der Waals surface area contributed by atoms with E-state index in [0.717, 1.165) is 5.56 Å². The summed E-state index contributed by atoms with van der Waals surface area (Å²) in [6.45, 7) is 3.08. The van der Waals surface area contributed by atoms with Crippen LogP contribution in [0.5, 0.6) is 0 Å². The topological polar surface area (TPSA) is 85.5 Å². The molecule has 2 N–H and O–H groups in total. The van der Waals surface area contributed by atoms with Crippen molar-refractivity contribution in [3.05, 3.63) is 40.7 Å². The van der Waals surface area contributed by atoms with Crippen molar-refractivity contribution in [3.63, 3.8) is 0 Å². The van der Waals surface area contributed by atoms with Gasteiger partial charge in [-0.1, -0.05) is 0 Å². The molecular formula is C14H17N3O3S2. The second-order valence-corrected chi connectivity index (χ2v) is 7.58. The summed E-state index contributed by atoms with van der Waals surface area (Å²) >= 11 is 1.61. The highest BCUT2D eigenvalue weighted by Gasteiger charge is 2.30. The number of nitrogens with zero attached hydrogens (tertiary/aromatic N) is 2. The van der Waals surface area contributed by atoms with Crippen LogP contribution in [0.4, 0.5) is 5.82 Å². The molecule has 2 aromatic heterocycles. The molecule has 0 aliphatic carbocycles. The summed E-state index contributed by atoms with van der Waals surface area (Å²) < 4.78 is 29.5. The van der Waals surface area contributed by atoms with E-state index in [2.05, 4.69) is 4.98 Å². The summed E-state index contributed by atoms with van der Waals surface area (Å²) in [5.41, 5.74) is 1.09. The first-order valence-corrected chi connectivity index (χ1v) is 9.34. The molecule has 3 heterocycles. The number of ether oxygens (including phenoxy) is 1. The van der Waals surface area contributed by atoms with E-state index in [1.54, 1.807) is 23.6 Å². The summed E-state index contributed by atoms with van der Waals surface area (Å²) in [6.07, 6.45) is 1.43. The van der Waals surface area contributed by atoms with Crippen LogP contribution in [0, 0.1) is 0 Å². The molecule has 0 bridgehead atoms. The Morgan fingerprint density at radius 1 is 1.41 bits per heavy atom. The van der Waals surface area contributed by atoms with Gasteiger partial charge in [-0.3, -0.25) is 0 Å². The molecule has 0 aromatic carbocycles. The van der Waals surface area contributed by atoms with Gasteiger partial charge in [-0.05, 0) is 41.4 Å². The molecule has 8 heteroatoms. The number of nitrogens with two attached hydrogens (primary N) is 1. The molecule has 2 unspecified atom stereocenters. The van der Waals surface area contributed by atoms with Crippen LogP contribution >= 0.6 is 11.3 Å². The number of thiophene rings is 1.